The highest BCUT2D eigenvalue weighted by atomic mass is 127. The fourth-order valence-corrected chi connectivity index (χ4v) is 12.6. The number of benzene rings is 6. The Labute approximate surface area is 503 Å². The third kappa shape index (κ3) is 17.0. The Morgan fingerprint density at radius 1 is 0.815 bits per heavy atom. The van der Waals surface area contributed by atoms with Crippen LogP contribution in [0.3, 0.4) is 0 Å². The molecule has 7 aromatic rings. The molecule has 0 saturated carbocycles. The highest BCUT2D eigenvalue weighted by molar-refractivity contribution is 14.1. The van der Waals surface area contributed by atoms with Gasteiger partial charge < -0.3 is 51.3 Å². The first kappa shape index (κ1) is 62.9. The van der Waals surface area contributed by atoms with Crippen LogP contribution in [-0.4, -0.2) is 106 Å². The summed E-state index contributed by atoms with van der Waals surface area (Å²) in [4.78, 5) is 31.4. The first-order chi connectivity index (χ1) is 38.8. The van der Waals surface area contributed by atoms with Gasteiger partial charge in [0.05, 0.1) is 43.1 Å². The first-order valence-electron chi connectivity index (χ1n) is 28.4. The maximum absolute atomic E-state index is 11.9. The monoisotopic (exact) mass is 1270 g/mol. The highest BCUT2D eigenvalue weighted by Gasteiger charge is 2.55. The molecule has 1 aromatic heterocycles. The molecule has 6 heterocycles. The Bertz CT molecular complexity index is 3080. The number of nitrogens with zero attached hydrogens (tertiary/aromatic N) is 3. The summed E-state index contributed by atoms with van der Waals surface area (Å²) in [6.07, 6.45) is 14.0. The summed E-state index contributed by atoms with van der Waals surface area (Å²) in [6.45, 7) is 19.4. The molecule has 0 radical (unpaired) electrons. The Balaban J connectivity index is 0.000000192. The lowest BCUT2D eigenvalue weighted by atomic mass is 9.70. The third-order valence-corrected chi connectivity index (χ3v) is 16.7. The minimum absolute atomic E-state index is 0. The SMILES string of the molecule is C=CCO[C@H](c1ccnc2ccccc12)[C@H]1C[C@@H]2CC[N@@+]1(Cc1c3ccccc3cc3ccccc13)CC2C=C.CC(C)(C)OC(=O)CN=C(c1ccccc1)c1ccccc1.IC[C@H]1CCCO1.N[C@@H](C[C@H]1CCCO1)C(=O)O.[Br-]. The van der Waals surface area contributed by atoms with E-state index in [2.05, 4.69) is 137 Å². The smallest absolute Gasteiger partial charge is 0.328 e. The predicted molar refractivity (Wildman–Crippen MR) is 332 cm³/mol. The molecule has 5 fully saturated rings. The van der Waals surface area contributed by atoms with E-state index >= 15 is 0 Å². The van der Waals surface area contributed by atoms with Crippen molar-refractivity contribution in [3.8, 4) is 0 Å². The number of aliphatic imine (C=N–C) groups is 1. The second-order valence-electron chi connectivity index (χ2n) is 22.4. The fourth-order valence-electron chi connectivity index (χ4n) is 11.9. The number of hydrogen-bond acceptors (Lipinski definition) is 9. The standard InChI is InChI=1S/C37H37N2O.C19H21NO2.C7H13NO3.C5H9IO.BrH/c1-3-21-40-37(33-17-19-38-35-16-10-9-15-32(33)35)36-23-27-18-20-39(36,24-26(27)4-2)25-34-30-13-7-5-11-28(30)22-29-12-6-8-14-31(29)34;1-19(2,3)22-17(21)14-20-18(15-10-6-4-7-11-15)16-12-8-5-9-13-16;8-6(7(9)10)4-5-2-1-3-11-5;6-4-5-2-1-3-7-5;/h3-17,19,22,26-27,36-37H,1-2,18,20-21,23-25H2;4-13H,14H2,1-3H3;5-6H,1-4,8H2,(H,9,10);5H,1-4H2;1H/q+1;;;;/p-1/t26?,27-,36+,37+,39-;;5-,6+;5-;/m0.11./s1. The number of pyridine rings is 1. The van der Waals surface area contributed by atoms with Crippen LogP contribution in [0.25, 0.3) is 32.4 Å². The van der Waals surface area contributed by atoms with E-state index in [0.717, 1.165) is 83.4 Å². The van der Waals surface area contributed by atoms with Crippen LogP contribution < -0.4 is 22.7 Å². The van der Waals surface area contributed by atoms with Gasteiger partial charge in [-0.3, -0.25) is 19.6 Å². The lowest BCUT2D eigenvalue weighted by Gasteiger charge is -2.58. The van der Waals surface area contributed by atoms with Crippen molar-refractivity contribution < 1.29 is 55.1 Å². The average molecular weight is 1270 g/mol. The summed E-state index contributed by atoms with van der Waals surface area (Å²) in [5.74, 6) is -0.0902. The summed E-state index contributed by atoms with van der Waals surface area (Å²) in [5, 5.41) is 15.0. The number of carboxylic acids is 1. The van der Waals surface area contributed by atoms with Gasteiger partial charge in [0.15, 0.2) is 0 Å². The molecular weight excluding hydrogens is 1190 g/mol. The highest BCUT2D eigenvalue weighted by Crippen LogP contribution is 2.50. The van der Waals surface area contributed by atoms with E-state index in [9.17, 15) is 9.59 Å². The van der Waals surface area contributed by atoms with Crippen molar-refractivity contribution in [3.63, 3.8) is 0 Å². The molecule has 2 bridgehead atoms. The van der Waals surface area contributed by atoms with Crippen molar-refractivity contribution >= 4 is 72.7 Å². The van der Waals surface area contributed by atoms with Gasteiger partial charge in [-0.25, -0.2) is 0 Å². The van der Waals surface area contributed by atoms with E-state index < -0.39 is 17.6 Å². The van der Waals surface area contributed by atoms with Crippen molar-refractivity contribution in [2.75, 3.05) is 43.9 Å². The van der Waals surface area contributed by atoms with Gasteiger partial charge in [-0.05, 0) is 104 Å². The number of quaternary nitrogens is 1. The van der Waals surface area contributed by atoms with E-state index in [1.165, 1.54) is 57.3 Å². The van der Waals surface area contributed by atoms with Crippen LogP contribution in [0.2, 0.25) is 0 Å². The quantitative estimate of drug-likeness (QED) is 0.0184. The molecule has 13 heteroatoms. The zero-order valence-electron chi connectivity index (χ0n) is 47.2. The number of aliphatic carboxylic acids is 1. The Morgan fingerprint density at radius 2 is 1.40 bits per heavy atom. The number of nitrogens with two attached hydrogens (primary N) is 1. The van der Waals surface area contributed by atoms with Gasteiger partial charge in [-0.15, -0.1) is 13.2 Å². The Hall–Kier alpha value is -5.65. The van der Waals surface area contributed by atoms with Crippen LogP contribution in [0.5, 0.6) is 0 Å². The summed E-state index contributed by atoms with van der Waals surface area (Å²) in [7, 11) is 0. The number of ether oxygens (including phenoxy) is 4. The molecule has 8 atom stereocenters. The number of alkyl halides is 1. The van der Waals surface area contributed by atoms with E-state index in [4.69, 9.17) is 29.8 Å². The number of aromatic nitrogens is 1. The number of halogens is 2. The fraction of sp³-hybridized carbons (Fsp3) is 0.382. The zero-order chi connectivity index (χ0) is 56.5. The molecule has 428 valence electrons. The van der Waals surface area contributed by atoms with Crippen LogP contribution in [0.1, 0.15) is 94.1 Å². The normalized spacial score (nSPS) is 21.6. The molecular formula is C68H80BrIN4O7. The second-order valence-corrected chi connectivity index (χ2v) is 23.3. The number of esters is 1. The van der Waals surface area contributed by atoms with Crippen molar-refractivity contribution in [1.29, 1.82) is 0 Å². The number of carbonyl (C=O) groups is 2. The van der Waals surface area contributed by atoms with Gasteiger partial charge in [0.1, 0.15) is 36.9 Å². The molecule has 0 aliphatic carbocycles. The van der Waals surface area contributed by atoms with E-state index in [-0.39, 0.29) is 41.7 Å². The van der Waals surface area contributed by atoms with E-state index in [0.29, 0.717) is 37.0 Å². The van der Waals surface area contributed by atoms with Gasteiger partial charge in [0.25, 0.3) is 0 Å². The minimum atomic E-state index is -0.944. The topological polar surface area (TPSA) is 143 Å². The van der Waals surface area contributed by atoms with Gasteiger partial charge in [0.2, 0.25) is 0 Å². The Kier molecular flexibility index (Phi) is 23.8. The van der Waals surface area contributed by atoms with Gasteiger partial charge in [-0.2, -0.15) is 0 Å². The van der Waals surface area contributed by atoms with Gasteiger partial charge in [0, 0.05) is 64.7 Å². The number of rotatable bonds is 16. The maximum atomic E-state index is 11.9. The number of hydrogen-bond donors (Lipinski definition) is 2. The second kappa shape index (κ2) is 30.6. The maximum Gasteiger partial charge on any atom is 0.328 e. The van der Waals surface area contributed by atoms with Gasteiger partial charge in [-0.1, -0.05) is 162 Å². The number of carboxylic acid groups (broad SMARTS) is 1. The lowest BCUT2D eigenvalue weighted by molar-refractivity contribution is -0.984. The van der Waals surface area contributed by atoms with Crippen LogP contribution >= 0.6 is 22.6 Å². The van der Waals surface area contributed by atoms with Crippen molar-refractivity contribution in [2.24, 2.45) is 22.6 Å². The molecule has 0 amide bonds. The molecule has 12 rings (SSSR count). The largest absolute Gasteiger partial charge is 1.00 e. The van der Waals surface area contributed by atoms with Gasteiger partial charge >= 0.3 is 11.9 Å². The first-order valence-corrected chi connectivity index (χ1v) is 29.9. The van der Waals surface area contributed by atoms with Crippen molar-refractivity contribution in [1.82, 2.24) is 4.98 Å². The Morgan fingerprint density at radius 3 is 1.94 bits per heavy atom. The van der Waals surface area contributed by atoms with Crippen LogP contribution in [0.4, 0.5) is 0 Å². The average Bonchev–Trinajstić information content (AvgIpc) is 4.35. The van der Waals surface area contributed by atoms with E-state index in [1.54, 1.807) is 0 Å². The summed E-state index contributed by atoms with van der Waals surface area (Å²) in [6, 6.07) is 50.1. The summed E-state index contributed by atoms with van der Waals surface area (Å²) < 4.78 is 24.8. The predicted octanol–water partition coefficient (Wildman–Crippen LogP) is 10.8. The van der Waals surface area contributed by atoms with E-state index in [1.807, 2.05) is 93.7 Å². The van der Waals surface area contributed by atoms with Crippen molar-refractivity contribution in [2.45, 2.75) is 108 Å². The van der Waals surface area contributed by atoms with Crippen LogP contribution in [-0.2, 0) is 35.1 Å². The molecule has 5 saturated heterocycles. The van der Waals surface area contributed by atoms with Crippen LogP contribution in [0, 0.1) is 11.8 Å². The van der Waals surface area contributed by atoms with Crippen LogP contribution in [0.15, 0.2) is 182 Å². The molecule has 5 aliphatic heterocycles. The summed E-state index contributed by atoms with van der Waals surface area (Å²) >= 11 is 2.36. The molecule has 1 unspecified atom stereocenters. The third-order valence-electron chi connectivity index (χ3n) is 15.7. The number of carbonyl (C=O) groups excluding carboxylic acids is 1. The van der Waals surface area contributed by atoms with Crippen molar-refractivity contribution in [3.05, 3.63) is 199 Å². The molecule has 3 N–H and O–H groups in total. The number of para-hydroxylation sites is 1. The zero-order valence-corrected chi connectivity index (χ0v) is 51.0. The number of fused-ring (bicyclic) bond motifs is 6. The molecule has 6 aromatic carbocycles. The minimum Gasteiger partial charge on any atom is -1.00 e. The molecule has 0 spiro atoms. The lowest BCUT2D eigenvalue weighted by Crippen LogP contribution is -3.00. The number of piperidine rings is 3. The summed E-state index contributed by atoms with van der Waals surface area (Å²) in [5.41, 5.74) is 11.3. The molecule has 11 nitrogen and oxygen atoms in total. The molecule has 5 aliphatic rings. The molecule has 81 heavy (non-hydrogen) atoms.